The van der Waals surface area contributed by atoms with E-state index in [-0.39, 0.29) is 0 Å². The van der Waals surface area contributed by atoms with Gasteiger partial charge in [-0.2, -0.15) is 0 Å². The first-order valence-electron chi connectivity index (χ1n) is 6.57. The summed E-state index contributed by atoms with van der Waals surface area (Å²) in [5.74, 6) is -0.249. The molecular formula is C14H19N3O3. The molecule has 6 heteroatoms. The van der Waals surface area contributed by atoms with Gasteiger partial charge in [-0.25, -0.2) is 0 Å². The number of benzene rings is 1. The molecule has 1 aliphatic rings. The number of rotatable bonds is 4. The first kappa shape index (κ1) is 14.2. The number of piperazine rings is 1. The molecule has 0 atom stereocenters. The van der Waals surface area contributed by atoms with Gasteiger partial charge in [0.2, 0.25) is 0 Å². The van der Waals surface area contributed by atoms with E-state index >= 15 is 0 Å². The molecule has 0 aromatic heterocycles. The van der Waals surface area contributed by atoms with Crippen molar-refractivity contribution in [2.75, 3.05) is 32.5 Å². The third kappa shape index (κ3) is 2.68. The lowest BCUT2D eigenvalue weighted by Gasteiger charge is -2.33. The molecule has 0 unspecified atom stereocenters. The van der Waals surface area contributed by atoms with Crippen molar-refractivity contribution in [1.82, 2.24) is 9.80 Å². The molecule has 1 fully saturated rings. The Kier molecular flexibility index (Phi) is 4.12. The summed E-state index contributed by atoms with van der Waals surface area (Å²) in [4.78, 5) is 27.0. The maximum Gasteiger partial charge on any atom is 0.312 e. The summed E-state index contributed by atoms with van der Waals surface area (Å²) in [6, 6.07) is 5.27. The van der Waals surface area contributed by atoms with Crippen molar-refractivity contribution in [3.63, 3.8) is 0 Å². The van der Waals surface area contributed by atoms with Crippen LogP contribution in [0, 0.1) is 0 Å². The van der Waals surface area contributed by atoms with Gasteiger partial charge in [-0.05, 0) is 25.1 Å². The van der Waals surface area contributed by atoms with E-state index in [0.717, 1.165) is 5.56 Å². The monoisotopic (exact) mass is 277 g/mol. The van der Waals surface area contributed by atoms with Crippen LogP contribution in [0.3, 0.4) is 0 Å². The number of likely N-dealkylation sites (N-methyl/N-ethyl adjacent to an activating group) is 1. The Balaban J connectivity index is 2.16. The number of ether oxygens (including phenoxy) is 1. The zero-order chi connectivity index (χ0) is 14.7. The Labute approximate surface area is 118 Å². The number of anilines is 1. The van der Waals surface area contributed by atoms with Crippen molar-refractivity contribution < 1.29 is 14.3 Å². The molecule has 0 spiro atoms. The highest BCUT2D eigenvalue weighted by Gasteiger charge is 2.31. The van der Waals surface area contributed by atoms with Crippen molar-refractivity contribution in [2.45, 2.75) is 13.5 Å². The second kappa shape index (κ2) is 5.81. The number of methoxy groups -OCH3 is 1. The van der Waals surface area contributed by atoms with Crippen LogP contribution in [-0.4, -0.2) is 48.4 Å². The van der Waals surface area contributed by atoms with Crippen LogP contribution in [0.1, 0.15) is 12.5 Å². The van der Waals surface area contributed by atoms with E-state index in [9.17, 15) is 9.59 Å². The Morgan fingerprint density at radius 2 is 1.85 bits per heavy atom. The van der Waals surface area contributed by atoms with Crippen molar-refractivity contribution in [2.24, 2.45) is 0 Å². The highest BCUT2D eigenvalue weighted by atomic mass is 16.5. The smallest absolute Gasteiger partial charge is 0.312 e. The lowest BCUT2D eigenvalue weighted by molar-refractivity contribution is -0.156. The zero-order valence-corrected chi connectivity index (χ0v) is 11.8. The number of nitrogens with two attached hydrogens (primary N) is 1. The fourth-order valence-corrected chi connectivity index (χ4v) is 2.30. The lowest BCUT2D eigenvalue weighted by Crippen LogP contribution is -2.53. The third-order valence-electron chi connectivity index (χ3n) is 3.44. The number of carbonyl (C=O) groups is 2. The summed E-state index contributed by atoms with van der Waals surface area (Å²) in [6.45, 7) is 3.83. The molecule has 6 nitrogen and oxygen atoms in total. The van der Waals surface area contributed by atoms with Gasteiger partial charge in [0.25, 0.3) is 0 Å². The minimum absolute atomic E-state index is 0.330. The summed E-state index contributed by atoms with van der Waals surface area (Å²) in [5.41, 5.74) is 7.17. The second-order valence-corrected chi connectivity index (χ2v) is 4.68. The fraction of sp³-hybridized carbons (Fsp3) is 0.429. The van der Waals surface area contributed by atoms with Crippen LogP contribution >= 0.6 is 0 Å². The summed E-state index contributed by atoms with van der Waals surface area (Å²) in [5, 5.41) is 0. The predicted molar refractivity (Wildman–Crippen MR) is 75.1 cm³/mol. The molecule has 2 N–H and O–H groups in total. The minimum atomic E-state index is -0.470. The van der Waals surface area contributed by atoms with Crippen LogP contribution in [0.5, 0.6) is 5.75 Å². The van der Waals surface area contributed by atoms with Crippen molar-refractivity contribution in [3.05, 3.63) is 23.8 Å². The maximum atomic E-state index is 12.0. The molecule has 1 aromatic carbocycles. The first-order chi connectivity index (χ1) is 9.56. The van der Waals surface area contributed by atoms with Crippen molar-refractivity contribution in [3.8, 4) is 5.75 Å². The maximum absolute atomic E-state index is 12.0. The highest BCUT2D eigenvalue weighted by Crippen LogP contribution is 2.23. The van der Waals surface area contributed by atoms with Crippen LogP contribution in [0.15, 0.2) is 18.2 Å². The molecule has 0 saturated carbocycles. The molecule has 1 heterocycles. The Bertz CT molecular complexity index is 530. The number of nitrogen functional groups attached to an aromatic ring is 1. The molecule has 0 bridgehead atoms. The van der Waals surface area contributed by atoms with Gasteiger partial charge in [0.1, 0.15) is 5.75 Å². The van der Waals surface area contributed by atoms with Gasteiger partial charge in [0.15, 0.2) is 0 Å². The summed E-state index contributed by atoms with van der Waals surface area (Å²) in [7, 11) is 1.57. The molecule has 20 heavy (non-hydrogen) atoms. The van der Waals surface area contributed by atoms with Crippen LogP contribution in [0.4, 0.5) is 5.69 Å². The van der Waals surface area contributed by atoms with E-state index in [0.29, 0.717) is 37.6 Å². The molecular weight excluding hydrogens is 258 g/mol. The Morgan fingerprint density at radius 1 is 1.20 bits per heavy atom. The van der Waals surface area contributed by atoms with E-state index in [1.54, 1.807) is 30.2 Å². The summed E-state index contributed by atoms with van der Waals surface area (Å²) in [6.07, 6.45) is 0. The van der Waals surface area contributed by atoms with Gasteiger partial charge in [0.05, 0.1) is 7.11 Å². The summed E-state index contributed by atoms with van der Waals surface area (Å²) < 4.78 is 5.26. The molecule has 1 aromatic rings. The first-order valence-corrected chi connectivity index (χ1v) is 6.57. The molecule has 2 amide bonds. The molecule has 0 radical (unpaired) electrons. The number of amides is 2. The second-order valence-electron chi connectivity index (χ2n) is 4.68. The summed E-state index contributed by atoms with van der Waals surface area (Å²) >= 11 is 0. The predicted octanol–water partition coefficient (Wildman–Crippen LogP) is 0.468. The van der Waals surface area contributed by atoms with Gasteiger partial charge < -0.3 is 20.3 Å². The normalized spacial score (nSPS) is 15.7. The van der Waals surface area contributed by atoms with Crippen molar-refractivity contribution >= 4 is 17.5 Å². The van der Waals surface area contributed by atoms with Crippen LogP contribution in [-0.2, 0) is 16.1 Å². The third-order valence-corrected chi connectivity index (χ3v) is 3.44. The standard InChI is InChI=1S/C14H19N3O3/c1-3-16-6-7-17(14(19)13(16)18)9-10-8-11(15)4-5-12(10)20-2/h4-5,8H,3,6-7,9,15H2,1-2H3. The Hall–Kier alpha value is -2.24. The van der Waals surface area contributed by atoms with Gasteiger partial charge in [-0.3, -0.25) is 9.59 Å². The zero-order valence-electron chi connectivity index (χ0n) is 11.8. The molecule has 1 saturated heterocycles. The van der Waals surface area contributed by atoms with E-state index in [1.165, 1.54) is 4.90 Å². The van der Waals surface area contributed by atoms with Crippen LogP contribution in [0.25, 0.3) is 0 Å². The number of hydrogen-bond donors (Lipinski definition) is 1. The Morgan fingerprint density at radius 3 is 2.50 bits per heavy atom. The lowest BCUT2D eigenvalue weighted by atomic mass is 10.1. The minimum Gasteiger partial charge on any atom is -0.496 e. The van der Waals surface area contributed by atoms with E-state index in [2.05, 4.69) is 0 Å². The molecule has 0 aliphatic carbocycles. The van der Waals surface area contributed by atoms with Crippen molar-refractivity contribution in [1.29, 1.82) is 0 Å². The average Bonchev–Trinajstić information content (AvgIpc) is 2.44. The fourth-order valence-electron chi connectivity index (χ4n) is 2.30. The van der Waals surface area contributed by atoms with Gasteiger partial charge in [-0.15, -0.1) is 0 Å². The van der Waals surface area contributed by atoms with E-state index in [1.807, 2.05) is 6.92 Å². The number of nitrogens with zero attached hydrogens (tertiary/aromatic N) is 2. The van der Waals surface area contributed by atoms with E-state index < -0.39 is 11.8 Å². The molecule has 2 rings (SSSR count). The molecule has 1 aliphatic heterocycles. The highest BCUT2D eigenvalue weighted by molar-refractivity contribution is 6.35. The van der Waals surface area contributed by atoms with Gasteiger partial charge >= 0.3 is 11.8 Å². The SMILES string of the molecule is CCN1CCN(Cc2cc(N)ccc2OC)C(=O)C1=O. The number of hydrogen-bond acceptors (Lipinski definition) is 4. The number of carbonyl (C=O) groups excluding carboxylic acids is 2. The molecule has 108 valence electrons. The van der Waals surface area contributed by atoms with Crippen LogP contribution < -0.4 is 10.5 Å². The van der Waals surface area contributed by atoms with Gasteiger partial charge in [-0.1, -0.05) is 0 Å². The topological polar surface area (TPSA) is 75.9 Å². The largest absolute Gasteiger partial charge is 0.496 e. The van der Waals surface area contributed by atoms with Crippen LogP contribution in [0.2, 0.25) is 0 Å². The van der Waals surface area contributed by atoms with Gasteiger partial charge in [0, 0.05) is 37.4 Å². The quantitative estimate of drug-likeness (QED) is 0.641. The average molecular weight is 277 g/mol. The van der Waals surface area contributed by atoms with E-state index in [4.69, 9.17) is 10.5 Å².